The van der Waals surface area contributed by atoms with Crippen molar-refractivity contribution < 1.29 is 0 Å². The molecule has 2 aliphatic heterocycles. The van der Waals surface area contributed by atoms with E-state index in [-0.39, 0.29) is 6.04 Å². The van der Waals surface area contributed by atoms with Crippen LogP contribution in [0.3, 0.4) is 0 Å². The third-order valence-corrected chi connectivity index (χ3v) is 8.29. The summed E-state index contributed by atoms with van der Waals surface area (Å²) in [6, 6.07) is 10.9. The minimum atomic E-state index is 0.234. The van der Waals surface area contributed by atoms with Crippen molar-refractivity contribution in [1.29, 1.82) is 0 Å². The molecule has 1 saturated carbocycles. The lowest BCUT2D eigenvalue weighted by molar-refractivity contribution is 0.558. The third kappa shape index (κ3) is 3.36. The van der Waals surface area contributed by atoms with E-state index in [4.69, 9.17) is 15.1 Å². The van der Waals surface area contributed by atoms with Gasteiger partial charge >= 0.3 is 0 Å². The Bertz CT molecular complexity index is 1310. The van der Waals surface area contributed by atoms with E-state index in [1.807, 2.05) is 0 Å². The van der Waals surface area contributed by atoms with E-state index in [1.54, 1.807) is 11.3 Å². The van der Waals surface area contributed by atoms with E-state index in [1.165, 1.54) is 54.4 Å². The molecule has 6 nitrogen and oxygen atoms in total. The van der Waals surface area contributed by atoms with Gasteiger partial charge in [-0.3, -0.25) is 0 Å². The topological polar surface area (TPSA) is 59.7 Å². The molecule has 0 N–H and O–H groups in total. The average molecular weight is 457 g/mol. The van der Waals surface area contributed by atoms with Crippen LogP contribution in [-0.4, -0.2) is 31.3 Å². The van der Waals surface area contributed by atoms with Crippen molar-refractivity contribution in [1.82, 2.24) is 24.7 Å². The van der Waals surface area contributed by atoms with Gasteiger partial charge in [-0.15, -0.1) is 21.5 Å². The van der Waals surface area contributed by atoms with Crippen LogP contribution in [0, 0.1) is 0 Å². The van der Waals surface area contributed by atoms with Gasteiger partial charge in [0.25, 0.3) is 0 Å². The highest BCUT2D eigenvalue weighted by Gasteiger charge is 2.36. The first kappa shape index (κ1) is 19.6. The molecule has 1 unspecified atom stereocenters. The van der Waals surface area contributed by atoms with Crippen molar-refractivity contribution in [3.05, 3.63) is 53.2 Å². The SMILES string of the molecule is c1ccc(-c2csc3nc(C4CC4)nc(N4CCCC4c4nnc5n4CCCCC5)c23)cc1. The van der Waals surface area contributed by atoms with E-state index in [9.17, 15) is 0 Å². The Kier molecular flexibility index (Phi) is 4.71. The van der Waals surface area contributed by atoms with Gasteiger partial charge in [0.05, 0.1) is 11.4 Å². The van der Waals surface area contributed by atoms with Crippen LogP contribution in [-0.2, 0) is 13.0 Å². The van der Waals surface area contributed by atoms with Gasteiger partial charge < -0.3 is 9.47 Å². The summed E-state index contributed by atoms with van der Waals surface area (Å²) in [7, 11) is 0. The Labute approximate surface area is 197 Å². The van der Waals surface area contributed by atoms with E-state index in [0.29, 0.717) is 5.92 Å². The van der Waals surface area contributed by atoms with Gasteiger partial charge in [0.2, 0.25) is 0 Å². The van der Waals surface area contributed by atoms with Crippen LogP contribution in [0.2, 0.25) is 0 Å². The fourth-order valence-corrected chi connectivity index (χ4v) is 6.49. The lowest BCUT2D eigenvalue weighted by atomic mass is 10.1. The quantitative estimate of drug-likeness (QED) is 0.383. The number of thiophene rings is 1. The van der Waals surface area contributed by atoms with Gasteiger partial charge in [0.1, 0.15) is 22.3 Å². The van der Waals surface area contributed by atoms with Crippen LogP contribution in [0.5, 0.6) is 0 Å². The van der Waals surface area contributed by atoms with E-state index in [2.05, 4.69) is 50.3 Å². The molecule has 2 fully saturated rings. The summed E-state index contributed by atoms with van der Waals surface area (Å²) < 4.78 is 2.42. The van der Waals surface area contributed by atoms with E-state index in [0.717, 1.165) is 54.6 Å². The molecule has 3 aliphatic rings. The number of nitrogens with zero attached hydrogens (tertiary/aromatic N) is 6. The minimum Gasteiger partial charge on any atom is -0.346 e. The number of fused-ring (bicyclic) bond motifs is 2. The molecule has 7 heteroatoms. The predicted octanol–water partition coefficient (Wildman–Crippen LogP) is 5.90. The van der Waals surface area contributed by atoms with Gasteiger partial charge in [-0.25, -0.2) is 9.97 Å². The number of anilines is 1. The first-order valence-corrected chi connectivity index (χ1v) is 13.3. The molecule has 0 spiro atoms. The Balaban J connectivity index is 1.38. The van der Waals surface area contributed by atoms with Crippen molar-refractivity contribution in [3.63, 3.8) is 0 Å². The van der Waals surface area contributed by atoms with Crippen LogP contribution >= 0.6 is 11.3 Å². The second-order valence-electron chi connectivity index (χ2n) is 9.66. The second-order valence-corrected chi connectivity index (χ2v) is 10.5. The van der Waals surface area contributed by atoms with E-state index >= 15 is 0 Å². The largest absolute Gasteiger partial charge is 0.346 e. The fraction of sp³-hybridized carbons (Fsp3) is 0.462. The third-order valence-electron chi connectivity index (χ3n) is 7.42. The molecule has 1 aliphatic carbocycles. The Morgan fingerprint density at radius 2 is 1.79 bits per heavy atom. The van der Waals surface area contributed by atoms with Crippen LogP contribution in [0.4, 0.5) is 5.82 Å². The maximum atomic E-state index is 5.26. The van der Waals surface area contributed by atoms with Gasteiger partial charge in [0, 0.05) is 36.4 Å². The van der Waals surface area contributed by atoms with Gasteiger partial charge in [-0.1, -0.05) is 36.8 Å². The molecule has 0 radical (unpaired) electrons. The van der Waals surface area contributed by atoms with E-state index < -0.39 is 0 Å². The number of hydrogen-bond acceptors (Lipinski definition) is 6. The number of hydrogen-bond donors (Lipinski definition) is 0. The van der Waals surface area contributed by atoms with Crippen LogP contribution in [0.15, 0.2) is 35.7 Å². The van der Waals surface area contributed by atoms with Crippen LogP contribution < -0.4 is 4.90 Å². The summed E-state index contributed by atoms with van der Waals surface area (Å²) in [5, 5.41) is 12.8. The summed E-state index contributed by atoms with van der Waals surface area (Å²) in [6.45, 7) is 2.05. The zero-order chi connectivity index (χ0) is 21.8. The molecule has 33 heavy (non-hydrogen) atoms. The second kappa shape index (κ2) is 7.90. The highest BCUT2D eigenvalue weighted by molar-refractivity contribution is 7.17. The number of benzene rings is 1. The van der Waals surface area contributed by atoms with Crippen molar-refractivity contribution >= 4 is 27.4 Å². The zero-order valence-electron chi connectivity index (χ0n) is 18.8. The highest BCUT2D eigenvalue weighted by Crippen LogP contribution is 2.46. The summed E-state index contributed by atoms with van der Waals surface area (Å²) in [5.74, 6) is 4.97. The smallest absolute Gasteiger partial charge is 0.155 e. The highest BCUT2D eigenvalue weighted by atomic mass is 32.1. The monoisotopic (exact) mass is 456 g/mol. The first-order chi connectivity index (χ1) is 16.4. The fourth-order valence-electron chi connectivity index (χ4n) is 5.54. The molecule has 0 bridgehead atoms. The molecular formula is C26H28N6S. The number of aromatic nitrogens is 5. The number of aryl methyl sites for hydroxylation is 1. The Morgan fingerprint density at radius 3 is 2.67 bits per heavy atom. The lowest BCUT2D eigenvalue weighted by Gasteiger charge is -2.27. The molecule has 1 saturated heterocycles. The molecule has 168 valence electrons. The summed E-state index contributed by atoms with van der Waals surface area (Å²) in [6.07, 6.45) is 9.45. The Hall–Kier alpha value is -2.80. The van der Waals surface area contributed by atoms with Crippen LogP contribution in [0.1, 0.15) is 74.4 Å². The molecule has 5 heterocycles. The van der Waals surface area contributed by atoms with Gasteiger partial charge in [0.15, 0.2) is 5.82 Å². The predicted molar refractivity (Wildman–Crippen MR) is 132 cm³/mol. The van der Waals surface area contributed by atoms with Crippen molar-refractivity contribution in [2.75, 3.05) is 11.4 Å². The van der Waals surface area contributed by atoms with Gasteiger partial charge in [-0.05, 0) is 44.1 Å². The molecule has 1 atom stereocenters. The summed E-state index contributed by atoms with van der Waals surface area (Å²) in [4.78, 5) is 13.9. The van der Waals surface area contributed by atoms with Crippen LogP contribution in [0.25, 0.3) is 21.3 Å². The Morgan fingerprint density at radius 1 is 0.879 bits per heavy atom. The first-order valence-electron chi connectivity index (χ1n) is 12.4. The molecule has 3 aromatic heterocycles. The molecule has 1 aromatic carbocycles. The summed E-state index contributed by atoms with van der Waals surface area (Å²) in [5.41, 5.74) is 2.48. The molecule has 0 amide bonds. The van der Waals surface area contributed by atoms with Crippen molar-refractivity contribution in [2.45, 2.75) is 69.9 Å². The van der Waals surface area contributed by atoms with Gasteiger partial charge in [-0.2, -0.15) is 0 Å². The average Bonchev–Trinajstić information content (AvgIpc) is 3.34. The molecule has 4 aromatic rings. The molecular weight excluding hydrogens is 428 g/mol. The number of rotatable bonds is 4. The lowest BCUT2D eigenvalue weighted by Crippen LogP contribution is -2.27. The van der Waals surface area contributed by atoms with Crippen molar-refractivity contribution in [2.24, 2.45) is 0 Å². The zero-order valence-corrected chi connectivity index (χ0v) is 19.6. The minimum absolute atomic E-state index is 0.234. The standard InChI is InChI=1S/C26H28N6S/c1-3-8-17(9-4-1)19-16-33-26-22(19)25(27-23(28-26)18-12-13-18)31-15-7-10-20(31)24-30-29-21-11-5-2-6-14-32(21)24/h1,3-4,8-9,16,18,20H,2,5-7,10-15H2. The summed E-state index contributed by atoms with van der Waals surface area (Å²) >= 11 is 1.75. The normalized spacial score (nSPS) is 20.8. The molecule has 7 rings (SSSR count). The maximum absolute atomic E-state index is 5.26. The van der Waals surface area contributed by atoms with Crippen molar-refractivity contribution in [3.8, 4) is 11.1 Å². The maximum Gasteiger partial charge on any atom is 0.155 e.